The average Bonchev–Trinajstić information content (AvgIpc) is 3.11. The highest BCUT2D eigenvalue weighted by atomic mass is 16.5. The predicted octanol–water partition coefficient (Wildman–Crippen LogP) is 2.09. The molecule has 108 valence electrons. The number of hydrogen-bond acceptors (Lipinski definition) is 4. The van der Waals surface area contributed by atoms with Gasteiger partial charge in [-0.15, -0.1) is 0 Å². The van der Waals surface area contributed by atoms with E-state index in [4.69, 9.17) is 4.74 Å². The quantitative estimate of drug-likeness (QED) is 0.685. The van der Waals surface area contributed by atoms with Crippen molar-refractivity contribution in [3.8, 4) is 0 Å². The Bertz CT molecular complexity index is 597. The number of para-hydroxylation sites is 1. The first-order valence-corrected chi connectivity index (χ1v) is 7.04. The smallest absolute Gasteiger partial charge is 0.114 e. The molecular weight excluding hydrogens is 264 g/mol. The number of hydrogen-bond donors (Lipinski definition) is 0. The molecule has 3 heterocycles. The molecule has 1 saturated heterocycles. The van der Waals surface area contributed by atoms with Crippen LogP contribution in [0.1, 0.15) is 0 Å². The monoisotopic (exact) mass is 282 g/mol. The van der Waals surface area contributed by atoms with Gasteiger partial charge in [0.25, 0.3) is 0 Å². The van der Waals surface area contributed by atoms with Gasteiger partial charge in [-0.25, -0.2) is 4.98 Å². The second kappa shape index (κ2) is 6.85. The molecule has 1 aromatic carbocycles. The van der Waals surface area contributed by atoms with Gasteiger partial charge in [0, 0.05) is 24.0 Å². The summed E-state index contributed by atoms with van der Waals surface area (Å²) in [5.74, 6) is 0. The molecule has 4 rings (SSSR count). The summed E-state index contributed by atoms with van der Waals surface area (Å²) in [6.07, 6.45) is 7.36. The van der Waals surface area contributed by atoms with Crippen LogP contribution in [-0.2, 0) is 4.74 Å². The molecule has 21 heavy (non-hydrogen) atoms. The van der Waals surface area contributed by atoms with E-state index in [-0.39, 0.29) is 0 Å². The first-order chi connectivity index (χ1) is 10.4. The largest absolute Gasteiger partial charge is 0.378 e. The molecule has 5 nitrogen and oxygen atoms in total. The summed E-state index contributed by atoms with van der Waals surface area (Å²) >= 11 is 0. The molecular formula is C16H18N4O. The number of pyridine rings is 1. The lowest BCUT2D eigenvalue weighted by atomic mass is 10.2. The van der Waals surface area contributed by atoms with E-state index in [2.05, 4.69) is 27.1 Å². The van der Waals surface area contributed by atoms with E-state index in [0.717, 1.165) is 31.8 Å². The minimum atomic E-state index is 0.818. The van der Waals surface area contributed by atoms with Crippen LogP contribution in [0, 0.1) is 0 Å². The predicted molar refractivity (Wildman–Crippen MR) is 82.7 cm³/mol. The Morgan fingerprint density at radius 3 is 2.52 bits per heavy atom. The third-order valence-electron chi connectivity index (χ3n) is 3.32. The van der Waals surface area contributed by atoms with Gasteiger partial charge in [0.2, 0.25) is 0 Å². The summed E-state index contributed by atoms with van der Waals surface area (Å²) in [6, 6.07) is 12.1. The number of ether oxygens (including phenoxy) is 1. The summed E-state index contributed by atoms with van der Waals surface area (Å²) in [5, 5.41) is 3.40. The molecule has 0 atom stereocenters. The second-order valence-electron chi connectivity index (χ2n) is 4.70. The Labute approximate surface area is 123 Å². The van der Waals surface area contributed by atoms with E-state index in [1.54, 1.807) is 6.20 Å². The molecule has 5 heteroatoms. The van der Waals surface area contributed by atoms with Crippen LogP contribution >= 0.6 is 0 Å². The van der Waals surface area contributed by atoms with Crippen molar-refractivity contribution in [2.24, 2.45) is 0 Å². The molecule has 0 bridgehead atoms. The molecule has 2 aromatic heterocycles. The highest BCUT2D eigenvalue weighted by Gasteiger charge is 2.08. The molecule has 3 aromatic rings. The van der Waals surface area contributed by atoms with Gasteiger partial charge in [0.05, 0.1) is 31.8 Å². The first kappa shape index (κ1) is 13.6. The lowest BCUT2D eigenvalue weighted by molar-refractivity contribution is 0.111. The van der Waals surface area contributed by atoms with Crippen LogP contribution in [0.3, 0.4) is 0 Å². The van der Waals surface area contributed by atoms with Gasteiger partial charge in [-0.3, -0.25) is 9.66 Å². The van der Waals surface area contributed by atoms with Gasteiger partial charge < -0.3 is 9.75 Å². The fourth-order valence-electron chi connectivity index (χ4n) is 2.22. The van der Waals surface area contributed by atoms with Crippen LogP contribution in [0.2, 0.25) is 0 Å². The maximum absolute atomic E-state index is 5.22. The van der Waals surface area contributed by atoms with Crippen LogP contribution in [0.4, 0.5) is 0 Å². The van der Waals surface area contributed by atoms with Crippen molar-refractivity contribution in [3.63, 3.8) is 0 Å². The number of fused-ring (bicyclic) bond motifs is 1. The van der Waals surface area contributed by atoms with Crippen molar-refractivity contribution in [1.82, 2.24) is 14.6 Å². The average molecular weight is 282 g/mol. The molecule has 0 radical (unpaired) electrons. The Kier molecular flexibility index (Phi) is 4.43. The lowest BCUT2D eigenvalue weighted by Crippen LogP contribution is -2.43. The summed E-state index contributed by atoms with van der Waals surface area (Å²) in [5.41, 5.74) is 1.06. The molecule has 0 N–H and O–H groups in total. The Balaban J connectivity index is 0.000000126. The number of aromatic nitrogens is 3. The summed E-state index contributed by atoms with van der Waals surface area (Å²) in [4.78, 5) is 8.16. The minimum absolute atomic E-state index is 0.818. The van der Waals surface area contributed by atoms with E-state index < -0.39 is 0 Å². The van der Waals surface area contributed by atoms with Gasteiger partial charge >= 0.3 is 0 Å². The second-order valence-corrected chi connectivity index (χ2v) is 4.70. The third-order valence-corrected chi connectivity index (χ3v) is 3.32. The Morgan fingerprint density at radius 1 is 0.952 bits per heavy atom. The Hall–Kier alpha value is -2.40. The van der Waals surface area contributed by atoms with Gasteiger partial charge in [-0.1, -0.05) is 24.3 Å². The van der Waals surface area contributed by atoms with Gasteiger partial charge in [-0.05, 0) is 12.1 Å². The molecule has 0 spiro atoms. The SMILES string of the molecule is c1ccc2ncccc2c1.c1cn(N2CCOCC2)cn1. The fourth-order valence-corrected chi connectivity index (χ4v) is 2.22. The molecule has 0 aliphatic carbocycles. The standard InChI is InChI=1S/C9H7N.C7H11N3O/c1-2-6-9-8(4-1)5-3-7-10-9;1-2-10(7-8-1)9-3-5-11-6-4-9/h1-7H;1-2,7H,3-6H2. The van der Waals surface area contributed by atoms with Crippen molar-refractivity contribution in [1.29, 1.82) is 0 Å². The topological polar surface area (TPSA) is 43.2 Å². The van der Waals surface area contributed by atoms with E-state index in [9.17, 15) is 0 Å². The van der Waals surface area contributed by atoms with Crippen LogP contribution in [-0.4, -0.2) is 40.9 Å². The Morgan fingerprint density at radius 2 is 1.76 bits per heavy atom. The lowest BCUT2D eigenvalue weighted by Gasteiger charge is -2.28. The first-order valence-electron chi connectivity index (χ1n) is 7.04. The summed E-state index contributed by atoms with van der Waals surface area (Å²) in [7, 11) is 0. The maximum atomic E-state index is 5.22. The number of benzene rings is 1. The van der Waals surface area contributed by atoms with E-state index in [1.165, 1.54) is 5.39 Å². The normalized spacial score (nSPS) is 14.6. The van der Waals surface area contributed by atoms with E-state index >= 15 is 0 Å². The maximum Gasteiger partial charge on any atom is 0.114 e. The van der Waals surface area contributed by atoms with Gasteiger partial charge in [0.1, 0.15) is 6.33 Å². The molecule has 0 saturated carbocycles. The molecule has 1 aliphatic rings. The minimum Gasteiger partial charge on any atom is -0.378 e. The molecule has 1 aliphatic heterocycles. The van der Waals surface area contributed by atoms with E-state index in [0.29, 0.717) is 0 Å². The molecule has 1 fully saturated rings. The fraction of sp³-hybridized carbons (Fsp3) is 0.250. The third kappa shape index (κ3) is 3.58. The number of morpholine rings is 1. The van der Waals surface area contributed by atoms with Crippen molar-refractivity contribution in [2.45, 2.75) is 0 Å². The van der Waals surface area contributed by atoms with E-state index in [1.807, 2.05) is 47.7 Å². The van der Waals surface area contributed by atoms with Crippen LogP contribution in [0.25, 0.3) is 10.9 Å². The number of nitrogens with zero attached hydrogens (tertiary/aromatic N) is 4. The van der Waals surface area contributed by atoms with Crippen molar-refractivity contribution < 1.29 is 4.74 Å². The number of imidazole rings is 1. The van der Waals surface area contributed by atoms with Gasteiger partial charge in [0.15, 0.2) is 0 Å². The number of rotatable bonds is 1. The zero-order valence-corrected chi connectivity index (χ0v) is 11.8. The van der Waals surface area contributed by atoms with Crippen molar-refractivity contribution in [2.75, 3.05) is 31.3 Å². The molecule has 0 unspecified atom stereocenters. The van der Waals surface area contributed by atoms with Crippen molar-refractivity contribution >= 4 is 10.9 Å². The molecule has 0 amide bonds. The zero-order chi connectivity index (χ0) is 14.3. The summed E-state index contributed by atoms with van der Waals surface area (Å²) < 4.78 is 7.22. The summed E-state index contributed by atoms with van der Waals surface area (Å²) in [6.45, 7) is 3.54. The van der Waals surface area contributed by atoms with Gasteiger partial charge in [-0.2, -0.15) is 0 Å². The highest BCUT2D eigenvalue weighted by Crippen LogP contribution is 2.07. The highest BCUT2D eigenvalue weighted by molar-refractivity contribution is 5.77. The zero-order valence-electron chi connectivity index (χ0n) is 11.8. The van der Waals surface area contributed by atoms with Crippen LogP contribution in [0.15, 0.2) is 61.3 Å². The van der Waals surface area contributed by atoms with Crippen LogP contribution < -0.4 is 5.01 Å². The van der Waals surface area contributed by atoms with Crippen LogP contribution in [0.5, 0.6) is 0 Å². The van der Waals surface area contributed by atoms with Crippen molar-refractivity contribution in [3.05, 3.63) is 61.3 Å².